The highest BCUT2D eigenvalue weighted by Crippen LogP contribution is 2.31. The summed E-state index contributed by atoms with van der Waals surface area (Å²) < 4.78 is 16.2. The number of anilines is 1. The lowest BCUT2D eigenvalue weighted by Gasteiger charge is -2.09. The summed E-state index contributed by atoms with van der Waals surface area (Å²) >= 11 is 0. The third-order valence-electron chi connectivity index (χ3n) is 3.61. The number of carbonyl (C=O) groups excluding carboxylic acids is 1. The summed E-state index contributed by atoms with van der Waals surface area (Å²) in [6.07, 6.45) is 5.28. The molecule has 1 amide bonds. The number of nitrogens with zero attached hydrogens (tertiary/aromatic N) is 2. The number of fused-ring (bicyclic) bond motifs is 1. The third kappa shape index (κ3) is 2.76. The molecule has 0 aliphatic rings. The van der Waals surface area contributed by atoms with Crippen molar-refractivity contribution < 1.29 is 18.7 Å². The summed E-state index contributed by atoms with van der Waals surface area (Å²) in [6, 6.07) is 3.47. The van der Waals surface area contributed by atoms with Crippen molar-refractivity contribution in [3.8, 4) is 11.5 Å². The second-order valence-corrected chi connectivity index (χ2v) is 5.01. The average Bonchev–Trinajstić information content (AvgIpc) is 3.05. The lowest BCUT2D eigenvalue weighted by Crippen LogP contribution is -2.14. The number of amides is 1. The Labute approximate surface area is 138 Å². The van der Waals surface area contributed by atoms with Gasteiger partial charge in [0.05, 0.1) is 37.7 Å². The molecule has 0 bridgehead atoms. The molecular weight excluding hydrogens is 310 g/mol. The minimum absolute atomic E-state index is 0.258. The van der Waals surface area contributed by atoms with E-state index in [4.69, 9.17) is 13.9 Å². The number of hydrogen-bond acceptors (Lipinski definition) is 6. The molecule has 0 unspecified atom stereocenters. The van der Waals surface area contributed by atoms with Crippen LogP contribution in [0.5, 0.6) is 11.5 Å². The quantitative estimate of drug-likeness (QED) is 0.775. The Kier molecular flexibility index (Phi) is 4.33. The summed E-state index contributed by atoms with van der Waals surface area (Å²) in [5.41, 5.74) is 1.28. The topological polar surface area (TPSA) is 86.5 Å². The van der Waals surface area contributed by atoms with Crippen molar-refractivity contribution in [1.29, 1.82) is 0 Å². The Morgan fingerprint density at radius 2 is 2.04 bits per heavy atom. The first-order valence-corrected chi connectivity index (χ1v) is 7.42. The van der Waals surface area contributed by atoms with E-state index in [-0.39, 0.29) is 11.6 Å². The molecule has 3 aromatic rings. The van der Waals surface area contributed by atoms with Gasteiger partial charge in [0.15, 0.2) is 17.1 Å². The zero-order valence-electron chi connectivity index (χ0n) is 13.6. The zero-order chi connectivity index (χ0) is 17.1. The van der Waals surface area contributed by atoms with Gasteiger partial charge in [-0.15, -0.1) is 0 Å². The zero-order valence-corrected chi connectivity index (χ0v) is 13.6. The van der Waals surface area contributed by atoms with Crippen LogP contribution < -0.4 is 14.8 Å². The second-order valence-electron chi connectivity index (χ2n) is 5.01. The van der Waals surface area contributed by atoms with E-state index in [2.05, 4.69) is 15.3 Å². The molecule has 0 saturated carbocycles. The minimum atomic E-state index is -0.365. The van der Waals surface area contributed by atoms with Crippen LogP contribution in [0.3, 0.4) is 0 Å². The number of aromatic nitrogens is 2. The summed E-state index contributed by atoms with van der Waals surface area (Å²) in [5.74, 6) is 1.35. The van der Waals surface area contributed by atoms with Crippen LogP contribution in [-0.2, 0) is 6.42 Å². The Hall–Kier alpha value is -3.09. The highest BCUT2D eigenvalue weighted by atomic mass is 16.5. The summed E-state index contributed by atoms with van der Waals surface area (Å²) in [7, 11) is 3.05. The first-order valence-electron chi connectivity index (χ1n) is 7.42. The maximum absolute atomic E-state index is 12.7. The molecular formula is C17H17N3O4. The van der Waals surface area contributed by atoms with Crippen LogP contribution in [0.1, 0.15) is 23.2 Å². The molecule has 24 heavy (non-hydrogen) atoms. The first kappa shape index (κ1) is 15.8. The fraction of sp³-hybridized carbons (Fsp3) is 0.235. The standard InChI is InChI=1S/C17H17N3O4/c1-4-10-7-11-15(19-9-14(23-3)16(11)24-10)17(21)20-12-5-6-18-8-13(12)22-2/h5-9H,4H2,1-3H3,(H,18,20,21). The van der Waals surface area contributed by atoms with Crippen molar-refractivity contribution in [3.05, 3.63) is 42.2 Å². The molecule has 0 radical (unpaired) electrons. The van der Waals surface area contributed by atoms with Crippen LogP contribution in [0.25, 0.3) is 11.0 Å². The molecule has 0 aromatic carbocycles. The number of nitrogens with one attached hydrogen (secondary N) is 1. The molecule has 7 nitrogen and oxygen atoms in total. The van der Waals surface area contributed by atoms with Gasteiger partial charge < -0.3 is 19.2 Å². The van der Waals surface area contributed by atoms with Gasteiger partial charge in [-0.05, 0) is 12.1 Å². The highest BCUT2D eigenvalue weighted by Gasteiger charge is 2.19. The van der Waals surface area contributed by atoms with E-state index >= 15 is 0 Å². The lowest BCUT2D eigenvalue weighted by atomic mass is 10.2. The molecule has 0 aliphatic carbocycles. The Morgan fingerprint density at radius 1 is 1.25 bits per heavy atom. The monoisotopic (exact) mass is 327 g/mol. The summed E-state index contributed by atoms with van der Waals surface area (Å²) in [6.45, 7) is 1.97. The molecule has 124 valence electrons. The summed E-state index contributed by atoms with van der Waals surface area (Å²) in [4.78, 5) is 20.8. The van der Waals surface area contributed by atoms with Crippen LogP contribution in [-0.4, -0.2) is 30.1 Å². The number of hydrogen-bond donors (Lipinski definition) is 1. The first-order chi connectivity index (χ1) is 11.7. The van der Waals surface area contributed by atoms with Gasteiger partial charge in [-0.2, -0.15) is 0 Å². The third-order valence-corrected chi connectivity index (χ3v) is 3.61. The van der Waals surface area contributed by atoms with Crippen molar-refractivity contribution in [2.75, 3.05) is 19.5 Å². The van der Waals surface area contributed by atoms with Gasteiger partial charge in [0.2, 0.25) is 0 Å². The molecule has 3 rings (SSSR count). The highest BCUT2D eigenvalue weighted by molar-refractivity contribution is 6.11. The van der Waals surface area contributed by atoms with Gasteiger partial charge >= 0.3 is 0 Å². The van der Waals surface area contributed by atoms with E-state index in [0.717, 1.165) is 5.76 Å². The fourth-order valence-corrected chi connectivity index (χ4v) is 2.38. The number of rotatable bonds is 5. The van der Waals surface area contributed by atoms with E-state index in [1.807, 2.05) is 13.0 Å². The predicted octanol–water partition coefficient (Wildman–Crippen LogP) is 3.05. The molecule has 0 spiro atoms. The molecule has 0 fully saturated rings. The van der Waals surface area contributed by atoms with Crippen LogP contribution in [0.15, 0.2) is 35.1 Å². The van der Waals surface area contributed by atoms with Gasteiger partial charge in [0, 0.05) is 12.6 Å². The van der Waals surface area contributed by atoms with Crippen LogP contribution in [0.4, 0.5) is 5.69 Å². The molecule has 3 heterocycles. The van der Waals surface area contributed by atoms with E-state index < -0.39 is 0 Å². The molecule has 7 heteroatoms. The lowest BCUT2D eigenvalue weighted by molar-refractivity contribution is 0.102. The smallest absolute Gasteiger partial charge is 0.275 e. The molecule has 0 saturated heterocycles. The molecule has 0 atom stereocenters. The van der Waals surface area contributed by atoms with E-state index in [1.165, 1.54) is 26.6 Å². The molecule has 1 N–H and O–H groups in total. The van der Waals surface area contributed by atoms with Crippen molar-refractivity contribution in [1.82, 2.24) is 9.97 Å². The van der Waals surface area contributed by atoms with Crippen LogP contribution in [0, 0.1) is 0 Å². The van der Waals surface area contributed by atoms with Crippen molar-refractivity contribution >= 4 is 22.6 Å². The maximum Gasteiger partial charge on any atom is 0.275 e. The van der Waals surface area contributed by atoms with Gasteiger partial charge in [-0.25, -0.2) is 4.98 Å². The SMILES string of the molecule is CCc1cc2c(C(=O)Nc3ccncc3OC)ncc(OC)c2o1. The number of ether oxygens (including phenoxy) is 2. The maximum atomic E-state index is 12.7. The number of carbonyl (C=O) groups is 1. The fourth-order valence-electron chi connectivity index (χ4n) is 2.38. The number of methoxy groups -OCH3 is 2. The Bertz CT molecular complexity index is 889. The van der Waals surface area contributed by atoms with Crippen molar-refractivity contribution in [2.45, 2.75) is 13.3 Å². The van der Waals surface area contributed by atoms with Gasteiger partial charge in [0.25, 0.3) is 5.91 Å². The van der Waals surface area contributed by atoms with E-state index in [9.17, 15) is 4.79 Å². The largest absolute Gasteiger partial charge is 0.493 e. The number of furan rings is 1. The van der Waals surface area contributed by atoms with Crippen LogP contribution in [0.2, 0.25) is 0 Å². The number of aryl methyl sites for hydroxylation is 1. The van der Waals surface area contributed by atoms with Gasteiger partial charge in [0.1, 0.15) is 11.5 Å². The Morgan fingerprint density at radius 3 is 2.75 bits per heavy atom. The van der Waals surface area contributed by atoms with E-state index in [1.54, 1.807) is 12.3 Å². The number of pyridine rings is 2. The van der Waals surface area contributed by atoms with Crippen LogP contribution >= 0.6 is 0 Å². The predicted molar refractivity (Wildman–Crippen MR) is 88.7 cm³/mol. The van der Waals surface area contributed by atoms with Crippen molar-refractivity contribution in [2.24, 2.45) is 0 Å². The minimum Gasteiger partial charge on any atom is -0.493 e. The van der Waals surface area contributed by atoms with E-state index in [0.29, 0.717) is 34.6 Å². The molecule has 0 aliphatic heterocycles. The van der Waals surface area contributed by atoms with Gasteiger partial charge in [-0.3, -0.25) is 9.78 Å². The second kappa shape index (κ2) is 6.57. The Balaban J connectivity index is 2.02. The molecule has 3 aromatic heterocycles. The normalized spacial score (nSPS) is 10.6. The van der Waals surface area contributed by atoms with Gasteiger partial charge in [-0.1, -0.05) is 6.92 Å². The average molecular weight is 327 g/mol. The van der Waals surface area contributed by atoms with Crippen molar-refractivity contribution in [3.63, 3.8) is 0 Å². The summed E-state index contributed by atoms with van der Waals surface area (Å²) in [5, 5.41) is 3.39.